The molecule has 0 fully saturated rings. The molecular formula is C27H23FN2O6. The number of carboxylic acid groups (broad SMARTS) is 1. The van der Waals surface area contributed by atoms with Crippen molar-refractivity contribution in [2.75, 3.05) is 11.5 Å². The molecule has 1 aromatic heterocycles. The van der Waals surface area contributed by atoms with Crippen molar-refractivity contribution in [3.05, 3.63) is 89.9 Å². The van der Waals surface area contributed by atoms with Crippen LogP contribution in [0.1, 0.15) is 24.3 Å². The minimum absolute atomic E-state index is 0.00348. The van der Waals surface area contributed by atoms with Crippen LogP contribution in [0, 0.1) is 12.7 Å². The number of benzene rings is 3. The topological polar surface area (TPSA) is 113 Å². The fourth-order valence-electron chi connectivity index (χ4n) is 3.76. The molecule has 0 aliphatic carbocycles. The van der Waals surface area contributed by atoms with Crippen molar-refractivity contribution in [3.63, 3.8) is 0 Å². The molecular weight excluding hydrogens is 467 g/mol. The number of carbonyl (C=O) groups excluding carboxylic acids is 1. The number of carboxylic acids is 1. The summed E-state index contributed by atoms with van der Waals surface area (Å²) in [6.45, 7) is 3.41. The number of hydrogen-bond acceptors (Lipinski definition) is 6. The number of aliphatic hydroxyl groups is 1. The molecule has 1 atom stereocenters. The van der Waals surface area contributed by atoms with Crippen molar-refractivity contribution in [1.82, 2.24) is 5.16 Å². The quantitative estimate of drug-likeness (QED) is 0.333. The van der Waals surface area contributed by atoms with E-state index in [0.717, 1.165) is 16.0 Å². The number of aliphatic hydroxyl groups excluding tert-OH is 1. The second kappa shape index (κ2) is 10.4. The summed E-state index contributed by atoms with van der Waals surface area (Å²) in [5, 5.41) is 22.7. The van der Waals surface area contributed by atoms with Gasteiger partial charge in [0.1, 0.15) is 17.2 Å². The smallest absolute Gasteiger partial charge is 0.419 e. The highest BCUT2D eigenvalue weighted by Crippen LogP contribution is 2.40. The largest absolute Gasteiger partial charge is 0.479 e. The van der Waals surface area contributed by atoms with Crippen molar-refractivity contribution < 1.29 is 33.5 Å². The number of ether oxygens (including phenoxy) is 1. The third-order valence-corrected chi connectivity index (χ3v) is 5.54. The zero-order valence-electron chi connectivity index (χ0n) is 19.5. The highest BCUT2D eigenvalue weighted by atomic mass is 19.1. The van der Waals surface area contributed by atoms with Crippen LogP contribution in [-0.2, 0) is 9.53 Å². The maximum atomic E-state index is 14.7. The van der Waals surface area contributed by atoms with Gasteiger partial charge in [-0.3, -0.25) is 0 Å². The predicted octanol–water partition coefficient (Wildman–Crippen LogP) is 5.87. The number of aryl methyl sites for hydroxylation is 1. The standard InChI is InChI=1S/C27H23FN2O6/c1-3-35-27(34)30(22-7-5-4-6-21(22)28)23-16(2)29-36-25(23)20-14-10-18(11-15-20)17-8-12-19(13-9-17)24(31)26(32)33/h4-15,24,31H,3H2,1-2H3,(H,32,33). The molecule has 8 nitrogen and oxygen atoms in total. The van der Waals surface area contributed by atoms with Crippen LogP contribution in [0.25, 0.3) is 22.5 Å². The van der Waals surface area contributed by atoms with Gasteiger partial charge in [-0.05, 0) is 42.7 Å². The number of halogens is 1. The molecule has 0 bridgehead atoms. The SMILES string of the molecule is CCOC(=O)N(c1ccccc1F)c1c(C)noc1-c1ccc(-c2ccc(C(O)C(=O)O)cc2)cc1. The van der Waals surface area contributed by atoms with Gasteiger partial charge in [-0.25, -0.2) is 18.9 Å². The fraction of sp³-hybridized carbons (Fsp3) is 0.148. The molecule has 0 aliphatic rings. The van der Waals surface area contributed by atoms with E-state index in [1.807, 2.05) is 12.1 Å². The molecule has 1 amide bonds. The van der Waals surface area contributed by atoms with E-state index >= 15 is 0 Å². The summed E-state index contributed by atoms with van der Waals surface area (Å²) >= 11 is 0. The lowest BCUT2D eigenvalue weighted by Crippen LogP contribution is -2.28. The van der Waals surface area contributed by atoms with Gasteiger partial charge in [0.25, 0.3) is 0 Å². The van der Waals surface area contributed by atoms with E-state index < -0.39 is 24.0 Å². The van der Waals surface area contributed by atoms with Gasteiger partial charge in [0, 0.05) is 5.56 Å². The van der Waals surface area contributed by atoms with E-state index in [1.54, 1.807) is 56.3 Å². The van der Waals surface area contributed by atoms with Gasteiger partial charge in [-0.2, -0.15) is 0 Å². The molecule has 0 saturated carbocycles. The Hall–Kier alpha value is -4.50. The van der Waals surface area contributed by atoms with Crippen LogP contribution in [0.2, 0.25) is 0 Å². The maximum Gasteiger partial charge on any atom is 0.419 e. The first-order chi connectivity index (χ1) is 17.3. The number of anilines is 2. The Morgan fingerprint density at radius 3 is 2.17 bits per heavy atom. The summed E-state index contributed by atoms with van der Waals surface area (Å²) in [6, 6.07) is 19.5. The zero-order chi connectivity index (χ0) is 25.8. The molecule has 9 heteroatoms. The molecule has 184 valence electrons. The predicted molar refractivity (Wildman–Crippen MR) is 130 cm³/mol. The lowest BCUT2D eigenvalue weighted by molar-refractivity contribution is -0.146. The average molecular weight is 490 g/mol. The summed E-state index contributed by atoms with van der Waals surface area (Å²) in [7, 11) is 0. The summed E-state index contributed by atoms with van der Waals surface area (Å²) < 4.78 is 25.5. The summed E-state index contributed by atoms with van der Waals surface area (Å²) in [6.07, 6.45) is -2.36. The average Bonchev–Trinajstić information content (AvgIpc) is 3.26. The number of aliphatic carboxylic acids is 1. The van der Waals surface area contributed by atoms with Crippen LogP contribution in [0.15, 0.2) is 77.3 Å². The van der Waals surface area contributed by atoms with E-state index in [9.17, 15) is 19.1 Å². The van der Waals surface area contributed by atoms with Gasteiger partial charge in [0.05, 0.1) is 12.3 Å². The Labute approximate surface area is 206 Å². The molecule has 1 heterocycles. The Kier molecular flexibility index (Phi) is 7.12. The number of carbonyl (C=O) groups is 2. The van der Waals surface area contributed by atoms with E-state index in [2.05, 4.69) is 5.16 Å². The first-order valence-corrected chi connectivity index (χ1v) is 11.1. The fourth-order valence-corrected chi connectivity index (χ4v) is 3.76. The van der Waals surface area contributed by atoms with Gasteiger partial charge in [0.2, 0.25) is 0 Å². The molecule has 1 unspecified atom stereocenters. The number of nitrogens with zero attached hydrogens (tertiary/aromatic N) is 2. The summed E-state index contributed by atoms with van der Waals surface area (Å²) in [5.74, 6) is -1.67. The van der Waals surface area contributed by atoms with Crippen LogP contribution in [0.4, 0.5) is 20.6 Å². The molecule has 4 rings (SSSR count). The van der Waals surface area contributed by atoms with Crippen LogP contribution in [-0.4, -0.2) is 34.0 Å². The number of amides is 1. The van der Waals surface area contributed by atoms with Crippen molar-refractivity contribution in [2.24, 2.45) is 0 Å². The normalized spacial score (nSPS) is 11.7. The second-order valence-electron chi connectivity index (χ2n) is 7.87. The van der Waals surface area contributed by atoms with E-state index in [-0.39, 0.29) is 29.3 Å². The molecule has 3 aromatic carbocycles. The Balaban J connectivity index is 1.71. The number of hydrogen-bond donors (Lipinski definition) is 2. The van der Waals surface area contributed by atoms with Gasteiger partial charge >= 0.3 is 12.1 Å². The van der Waals surface area contributed by atoms with Crippen LogP contribution >= 0.6 is 0 Å². The summed E-state index contributed by atoms with van der Waals surface area (Å²) in [5.41, 5.74) is 3.13. The lowest BCUT2D eigenvalue weighted by atomic mass is 10.00. The maximum absolute atomic E-state index is 14.7. The molecule has 0 spiro atoms. The number of para-hydroxylation sites is 1. The van der Waals surface area contributed by atoms with E-state index in [1.165, 1.54) is 18.2 Å². The first kappa shape index (κ1) is 24.6. The van der Waals surface area contributed by atoms with Crippen molar-refractivity contribution in [1.29, 1.82) is 0 Å². The van der Waals surface area contributed by atoms with Crippen molar-refractivity contribution in [2.45, 2.75) is 20.0 Å². The number of aromatic nitrogens is 1. The summed E-state index contributed by atoms with van der Waals surface area (Å²) in [4.78, 5) is 25.0. The van der Waals surface area contributed by atoms with Crippen molar-refractivity contribution >= 4 is 23.4 Å². The van der Waals surface area contributed by atoms with Crippen molar-refractivity contribution in [3.8, 4) is 22.5 Å². The minimum Gasteiger partial charge on any atom is -0.479 e. The highest BCUT2D eigenvalue weighted by Gasteiger charge is 2.30. The Bertz CT molecular complexity index is 1380. The Morgan fingerprint density at radius 2 is 1.58 bits per heavy atom. The monoisotopic (exact) mass is 490 g/mol. The van der Waals surface area contributed by atoms with Crippen LogP contribution in [0.3, 0.4) is 0 Å². The minimum atomic E-state index is -1.59. The Morgan fingerprint density at radius 1 is 1.00 bits per heavy atom. The lowest BCUT2D eigenvalue weighted by Gasteiger charge is -2.22. The van der Waals surface area contributed by atoms with Gasteiger partial charge in [-0.1, -0.05) is 65.8 Å². The first-order valence-electron chi connectivity index (χ1n) is 11.1. The van der Waals surface area contributed by atoms with Gasteiger partial charge < -0.3 is 19.5 Å². The van der Waals surface area contributed by atoms with Gasteiger partial charge in [-0.15, -0.1) is 0 Å². The highest BCUT2D eigenvalue weighted by molar-refractivity contribution is 6.00. The molecule has 0 aliphatic heterocycles. The van der Waals surface area contributed by atoms with Crippen LogP contribution in [0.5, 0.6) is 0 Å². The second-order valence-corrected chi connectivity index (χ2v) is 7.87. The molecule has 36 heavy (non-hydrogen) atoms. The van der Waals surface area contributed by atoms with Crippen LogP contribution < -0.4 is 4.90 Å². The number of rotatable bonds is 7. The van der Waals surface area contributed by atoms with Gasteiger partial charge in [0.15, 0.2) is 11.9 Å². The zero-order valence-corrected chi connectivity index (χ0v) is 19.5. The third-order valence-electron chi connectivity index (χ3n) is 5.54. The third kappa shape index (κ3) is 4.82. The molecule has 0 radical (unpaired) electrons. The molecule has 0 saturated heterocycles. The molecule has 2 N–H and O–H groups in total. The van der Waals surface area contributed by atoms with E-state index in [4.69, 9.17) is 14.4 Å². The molecule has 4 aromatic rings. The van der Waals surface area contributed by atoms with E-state index in [0.29, 0.717) is 11.3 Å².